The summed E-state index contributed by atoms with van der Waals surface area (Å²) in [6.45, 7) is 4.22. The molecule has 3 rings (SSSR count). The molecule has 0 bridgehead atoms. The normalized spacial score (nSPS) is 23.7. The summed E-state index contributed by atoms with van der Waals surface area (Å²) >= 11 is 12.6. The highest BCUT2D eigenvalue weighted by atomic mass is 35.5. The van der Waals surface area contributed by atoms with Gasteiger partial charge in [0.05, 0.1) is 12.7 Å². The van der Waals surface area contributed by atoms with Crippen LogP contribution in [0.4, 0.5) is 5.82 Å². The van der Waals surface area contributed by atoms with Gasteiger partial charge in [0, 0.05) is 6.20 Å². The Labute approximate surface area is 217 Å². The number of nitrogens with two attached hydrogens (primary N) is 1. The fraction of sp³-hybridized carbons (Fsp3) is 0.476. The van der Waals surface area contributed by atoms with E-state index < -0.39 is 60.9 Å². The van der Waals surface area contributed by atoms with Crippen LogP contribution in [0.15, 0.2) is 47.4 Å². The number of nitrogens with zero attached hydrogens (tertiary/aromatic N) is 2. The van der Waals surface area contributed by atoms with Gasteiger partial charge < -0.3 is 24.8 Å². The Morgan fingerprint density at radius 3 is 2.58 bits per heavy atom. The van der Waals surface area contributed by atoms with Gasteiger partial charge in [0.15, 0.2) is 10.6 Å². The van der Waals surface area contributed by atoms with Crippen molar-refractivity contribution in [3.05, 3.63) is 53.1 Å². The number of aliphatic hydroxyl groups is 1. The number of carbonyl (C=O) groups excluding carboxylic acids is 1. The van der Waals surface area contributed by atoms with Crippen LogP contribution in [-0.2, 0) is 23.4 Å². The van der Waals surface area contributed by atoms with Crippen LogP contribution in [0.25, 0.3) is 0 Å². The molecule has 0 amide bonds. The lowest BCUT2D eigenvalue weighted by Crippen LogP contribution is -2.40. The van der Waals surface area contributed by atoms with E-state index in [1.165, 1.54) is 31.3 Å². The molecule has 1 aromatic carbocycles. The second kappa shape index (κ2) is 11.5. The number of aliphatic hydroxyl groups excluding tert-OH is 1. The molecule has 36 heavy (non-hydrogen) atoms. The van der Waals surface area contributed by atoms with Gasteiger partial charge >= 0.3 is 19.4 Å². The topological polar surface area (TPSA) is 164 Å². The molecule has 2 heterocycles. The average molecular weight is 565 g/mol. The monoisotopic (exact) mass is 564 g/mol. The molecular weight excluding hydrogens is 538 g/mol. The van der Waals surface area contributed by atoms with Crippen LogP contribution < -0.4 is 21.0 Å². The van der Waals surface area contributed by atoms with Gasteiger partial charge in [0.1, 0.15) is 29.8 Å². The third-order valence-corrected chi connectivity index (χ3v) is 7.38. The zero-order valence-electron chi connectivity index (χ0n) is 19.6. The fourth-order valence-corrected chi connectivity index (χ4v) is 5.31. The molecule has 15 heteroatoms. The summed E-state index contributed by atoms with van der Waals surface area (Å²) in [5.74, 6) is -0.523. The molecule has 198 valence electrons. The number of alkyl halides is 2. The largest absolute Gasteiger partial charge is 0.462 e. The standard InChI is InChI=1S/C21H27Cl2N4O8P/c1-12(2)33-18(29)13(3)26-36(31,35-14-7-5-4-6-8-14)32-11-15-17(28)21(22,23)19(34-15)27-10-9-16(24)25-20(27)30/h4-10,12-13,15,17,19,28H,11H2,1-3H3,(H,26,31)(H2,24,25,30)/t13-,15+,17+,19+,36+/m0/s1. The molecule has 4 N–H and O–H groups in total. The molecule has 1 saturated heterocycles. The highest BCUT2D eigenvalue weighted by Gasteiger charge is 2.56. The number of rotatable bonds is 10. The fourth-order valence-electron chi connectivity index (χ4n) is 3.22. The van der Waals surface area contributed by atoms with Crippen LogP contribution in [0.1, 0.15) is 27.0 Å². The molecule has 0 radical (unpaired) electrons. The van der Waals surface area contributed by atoms with Crippen LogP contribution >= 0.6 is 30.9 Å². The Hall–Kier alpha value is -2.18. The van der Waals surface area contributed by atoms with E-state index >= 15 is 0 Å². The summed E-state index contributed by atoms with van der Waals surface area (Å²) in [6, 6.07) is 8.35. The Balaban J connectivity index is 1.79. The highest BCUT2D eigenvalue weighted by Crippen LogP contribution is 2.49. The Kier molecular flexibility index (Phi) is 9.05. The van der Waals surface area contributed by atoms with Crippen LogP contribution in [-0.4, -0.2) is 55.9 Å². The molecule has 1 aromatic heterocycles. The van der Waals surface area contributed by atoms with Crippen LogP contribution in [0, 0.1) is 0 Å². The summed E-state index contributed by atoms with van der Waals surface area (Å²) < 4.78 is 34.5. The van der Waals surface area contributed by atoms with Crippen LogP contribution in [0.3, 0.4) is 0 Å². The van der Waals surface area contributed by atoms with E-state index in [1.54, 1.807) is 32.0 Å². The lowest BCUT2D eigenvalue weighted by atomic mass is 10.2. The molecular formula is C21H27Cl2N4O8P. The number of ether oxygens (including phenoxy) is 2. The summed E-state index contributed by atoms with van der Waals surface area (Å²) in [5.41, 5.74) is 4.70. The van der Waals surface area contributed by atoms with Crippen molar-refractivity contribution < 1.29 is 33.0 Å². The number of para-hydroxylation sites is 1. The first-order valence-corrected chi connectivity index (χ1v) is 13.2. The van der Waals surface area contributed by atoms with Gasteiger partial charge in [-0.3, -0.25) is 13.9 Å². The molecule has 0 spiro atoms. The summed E-state index contributed by atoms with van der Waals surface area (Å²) in [6.07, 6.45) is -3.33. The van der Waals surface area contributed by atoms with E-state index in [2.05, 4.69) is 10.1 Å². The molecule has 0 aliphatic carbocycles. The van der Waals surface area contributed by atoms with Crippen LogP contribution in [0.5, 0.6) is 5.75 Å². The van der Waals surface area contributed by atoms with E-state index in [1.807, 2.05) is 0 Å². The lowest BCUT2D eigenvalue weighted by molar-refractivity contribution is -0.149. The lowest BCUT2D eigenvalue weighted by Gasteiger charge is -2.25. The van der Waals surface area contributed by atoms with Gasteiger partial charge in [-0.15, -0.1) is 0 Å². The Morgan fingerprint density at radius 2 is 1.97 bits per heavy atom. The van der Waals surface area contributed by atoms with Crippen LogP contribution in [0.2, 0.25) is 0 Å². The first-order valence-electron chi connectivity index (χ1n) is 10.9. The number of benzene rings is 1. The number of aromatic nitrogens is 2. The zero-order chi connectivity index (χ0) is 26.7. The minimum atomic E-state index is -4.25. The second-order valence-corrected chi connectivity index (χ2v) is 11.4. The quantitative estimate of drug-likeness (QED) is 0.220. The summed E-state index contributed by atoms with van der Waals surface area (Å²) in [5, 5.41) is 13.2. The maximum atomic E-state index is 13.6. The van der Waals surface area contributed by atoms with E-state index in [4.69, 9.17) is 47.5 Å². The number of nitrogens with one attached hydrogen (secondary N) is 1. The minimum Gasteiger partial charge on any atom is -0.462 e. The smallest absolute Gasteiger partial charge is 0.459 e. The maximum Gasteiger partial charge on any atom is 0.459 e. The van der Waals surface area contributed by atoms with Crippen molar-refractivity contribution in [2.24, 2.45) is 0 Å². The van der Waals surface area contributed by atoms with E-state index in [-0.39, 0.29) is 11.6 Å². The number of hydrogen-bond donors (Lipinski definition) is 3. The van der Waals surface area contributed by atoms with Crippen molar-refractivity contribution in [3.8, 4) is 5.75 Å². The minimum absolute atomic E-state index is 0.0281. The molecule has 2 aromatic rings. The van der Waals surface area contributed by atoms with Crippen molar-refractivity contribution in [3.63, 3.8) is 0 Å². The van der Waals surface area contributed by atoms with Crippen molar-refractivity contribution >= 4 is 42.7 Å². The SMILES string of the molecule is CC(C)OC(=O)[C@H](C)N[P@@](=O)(OC[C@H]1O[C@@H](n2ccc(N)nc2=O)C(Cl)(Cl)[C@@H]1O)Oc1ccccc1. The number of nitrogen functional groups attached to an aromatic ring is 1. The molecule has 0 saturated carbocycles. The average Bonchev–Trinajstić information content (AvgIpc) is 3.01. The van der Waals surface area contributed by atoms with Gasteiger partial charge in [-0.05, 0) is 39.0 Å². The first-order chi connectivity index (χ1) is 16.8. The van der Waals surface area contributed by atoms with Crippen molar-refractivity contribution in [1.82, 2.24) is 14.6 Å². The predicted octanol–water partition coefficient (Wildman–Crippen LogP) is 2.39. The number of hydrogen-bond acceptors (Lipinski definition) is 10. The molecule has 1 fully saturated rings. The van der Waals surface area contributed by atoms with Crippen molar-refractivity contribution in [2.75, 3.05) is 12.3 Å². The number of halogens is 2. The van der Waals surface area contributed by atoms with E-state index in [0.717, 1.165) is 4.57 Å². The molecule has 1 aliphatic heterocycles. The molecule has 5 atom stereocenters. The summed E-state index contributed by atoms with van der Waals surface area (Å²) in [4.78, 5) is 28.1. The first kappa shape index (κ1) is 28.4. The highest BCUT2D eigenvalue weighted by molar-refractivity contribution is 7.52. The van der Waals surface area contributed by atoms with E-state index in [9.17, 15) is 19.3 Å². The molecule has 1 aliphatic rings. The third-order valence-electron chi connectivity index (χ3n) is 4.92. The summed E-state index contributed by atoms with van der Waals surface area (Å²) in [7, 11) is -4.25. The number of carbonyl (C=O) groups is 1. The molecule has 0 unspecified atom stereocenters. The third kappa shape index (κ3) is 6.77. The van der Waals surface area contributed by atoms with Gasteiger partial charge in [-0.1, -0.05) is 41.4 Å². The predicted molar refractivity (Wildman–Crippen MR) is 132 cm³/mol. The number of esters is 1. The van der Waals surface area contributed by atoms with Crippen molar-refractivity contribution in [1.29, 1.82) is 0 Å². The number of anilines is 1. The van der Waals surface area contributed by atoms with Crippen molar-refractivity contribution in [2.45, 2.75) is 55.7 Å². The van der Waals surface area contributed by atoms with Gasteiger partial charge in [-0.25, -0.2) is 9.36 Å². The van der Waals surface area contributed by atoms with E-state index in [0.29, 0.717) is 0 Å². The molecule has 12 nitrogen and oxygen atoms in total. The van der Waals surface area contributed by atoms with Gasteiger partial charge in [-0.2, -0.15) is 10.1 Å². The Bertz CT molecular complexity index is 1170. The van der Waals surface area contributed by atoms with Gasteiger partial charge in [0.25, 0.3) is 0 Å². The maximum absolute atomic E-state index is 13.6. The zero-order valence-corrected chi connectivity index (χ0v) is 22.0. The Morgan fingerprint density at radius 1 is 1.31 bits per heavy atom. The second-order valence-electron chi connectivity index (χ2n) is 8.22. The van der Waals surface area contributed by atoms with Gasteiger partial charge in [0.2, 0.25) is 0 Å².